The van der Waals surface area contributed by atoms with E-state index < -0.39 is 0 Å². The molecule has 0 radical (unpaired) electrons. The Balaban J connectivity index is 1.60. The molecule has 2 unspecified atom stereocenters. The van der Waals surface area contributed by atoms with Gasteiger partial charge in [-0.15, -0.1) is 0 Å². The van der Waals surface area contributed by atoms with Crippen molar-refractivity contribution in [1.82, 2.24) is 9.78 Å². The summed E-state index contributed by atoms with van der Waals surface area (Å²) >= 11 is 0. The van der Waals surface area contributed by atoms with Gasteiger partial charge in [0.25, 0.3) is 0 Å². The van der Waals surface area contributed by atoms with Gasteiger partial charge in [-0.3, -0.25) is 4.68 Å². The Bertz CT molecular complexity index is 514. The fraction of sp³-hybridized carbons (Fsp3) is 0.462. The number of hydrogen-bond donors (Lipinski definition) is 1. The summed E-state index contributed by atoms with van der Waals surface area (Å²) in [6, 6.07) is 6.10. The van der Waals surface area contributed by atoms with E-state index in [2.05, 4.69) is 29.5 Å². The number of rotatable bonds is 4. The Morgan fingerprint density at radius 2 is 2.29 bits per heavy atom. The van der Waals surface area contributed by atoms with Crippen LogP contribution in [-0.4, -0.2) is 9.78 Å². The maximum atomic E-state index is 5.81. The molecule has 3 rings (SSSR count). The van der Waals surface area contributed by atoms with Crippen molar-refractivity contribution in [2.75, 3.05) is 5.32 Å². The molecule has 2 atom stereocenters. The molecule has 1 saturated carbocycles. The molecule has 0 aromatic carbocycles. The van der Waals surface area contributed by atoms with Crippen molar-refractivity contribution in [1.29, 1.82) is 0 Å². The Hall–Kier alpha value is -1.71. The van der Waals surface area contributed by atoms with Gasteiger partial charge in [-0.2, -0.15) is 5.10 Å². The number of nitrogens with zero attached hydrogens (tertiary/aromatic N) is 2. The van der Waals surface area contributed by atoms with Crippen LogP contribution in [-0.2, 0) is 13.6 Å². The Labute approximate surface area is 101 Å². The molecule has 0 amide bonds. The summed E-state index contributed by atoms with van der Waals surface area (Å²) in [6.45, 7) is 2.96. The molecule has 2 heterocycles. The zero-order valence-electron chi connectivity index (χ0n) is 10.2. The van der Waals surface area contributed by atoms with Crippen molar-refractivity contribution in [3.05, 3.63) is 35.9 Å². The minimum atomic E-state index is 0.651. The van der Waals surface area contributed by atoms with Gasteiger partial charge in [-0.25, -0.2) is 0 Å². The van der Waals surface area contributed by atoms with Gasteiger partial charge in [-0.1, -0.05) is 6.92 Å². The van der Waals surface area contributed by atoms with Gasteiger partial charge in [0.15, 0.2) is 0 Å². The van der Waals surface area contributed by atoms with Gasteiger partial charge in [0.05, 0.1) is 6.54 Å². The smallest absolute Gasteiger partial charge is 0.148 e. The first-order chi connectivity index (χ1) is 8.22. The fourth-order valence-electron chi connectivity index (χ4n) is 2.09. The molecule has 2 aromatic heterocycles. The van der Waals surface area contributed by atoms with E-state index in [1.807, 2.05) is 19.3 Å². The lowest BCUT2D eigenvalue weighted by atomic mass is 10.3. The standard InChI is InChI=1S/C13H17N3O/c1-9-7-11(9)12-4-3-10(17-12)8-14-13-5-6-16(2)15-13/h3-6,9,11H,7-8H2,1-2H3,(H,14,15). The molecule has 0 spiro atoms. The normalized spacial score (nSPS) is 22.7. The first-order valence-electron chi connectivity index (χ1n) is 6.04. The second kappa shape index (κ2) is 3.95. The molecule has 2 aromatic rings. The minimum absolute atomic E-state index is 0.651. The van der Waals surface area contributed by atoms with E-state index >= 15 is 0 Å². The lowest BCUT2D eigenvalue weighted by Crippen LogP contribution is -1.99. The van der Waals surface area contributed by atoms with Crippen molar-refractivity contribution in [2.24, 2.45) is 13.0 Å². The lowest BCUT2D eigenvalue weighted by Gasteiger charge is -1.99. The van der Waals surface area contributed by atoms with Crippen LogP contribution < -0.4 is 5.32 Å². The van der Waals surface area contributed by atoms with Crippen molar-refractivity contribution in [2.45, 2.75) is 25.8 Å². The predicted octanol–water partition coefficient (Wildman–Crippen LogP) is 2.75. The van der Waals surface area contributed by atoms with E-state index in [0.29, 0.717) is 12.5 Å². The first-order valence-corrected chi connectivity index (χ1v) is 6.04. The molecule has 1 aliphatic rings. The fourth-order valence-corrected chi connectivity index (χ4v) is 2.09. The summed E-state index contributed by atoms with van der Waals surface area (Å²) in [5.74, 6) is 4.43. The SMILES string of the molecule is CC1CC1c1ccc(CNc2ccn(C)n2)o1. The quantitative estimate of drug-likeness (QED) is 0.879. The number of anilines is 1. The average molecular weight is 231 g/mol. The van der Waals surface area contributed by atoms with E-state index in [1.165, 1.54) is 6.42 Å². The minimum Gasteiger partial charge on any atom is -0.464 e. The van der Waals surface area contributed by atoms with Crippen LogP contribution in [0.3, 0.4) is 0 Å². The average Bonchev–Trinajstić information content (AvgIpc) is 2.76. The molecule has 4 heteroatoms. The Morgan fingerprint density at radius 3 is 2.94 bits per heavy atom. The summed E-state index contributed by atoms with van der Waals surface area (Å²) in [7, 11) is 1.91. The van der Waals surface area contributed by atoms with Crippen LogP contribution in [0.25, 0.3) is 0 Å². The summed E-state index contributed by atoms with van der Waals surface area (Å²) in [4.78, 5) is 0. The third kappa shape index (κ3) is 2.20. The van der Waals surface area contributed by atoms with E-state index in [9.17, 15) is 0 Å². The molecule has 90 valence electrons. The largest absolute Gasteiger partial charge is 0.464 e. The van der Waals surface area contributed by atoms with Crippen molar-refractivity contribution < 1.29 is 4.42 Å². The highest BCUT2D eigenvalue weighted by molar-refractivity contribution is 5.32. The highest BCUT2D eigenvalue weighted by atomic mass is 16.3. The molecular weight excluding hydrogens is 214 g/mol. The van der Waals surface area contributed by atoms with E-state index in [1.54, 1.807) is 4.68 Å². The van der Waals surface area contributed by atoms with Gasteiger partial charge in [0, 0.05) is 25.2 Å². The molecular formula is C13H17N3O. The molecule has 1 N–H and O–H groups in total. The van der Waals surface area contributed by atoms with Crippen LogP contribution in [0.4, 0.5) is 5.82 Å². The van der Waals surface area contributed by atoms with Gasteiger partial charge >= 0.3 is 0 Å². The maximum Gasteiger partial charge on any atom is 0.148 e. The van der Waals surface area contributed by atoms with Crippen molar-refractivity contribution in [3.8, 4) is 0 Å². The van der Waals surface area contributed by atoms with E-state index in [4.69, 9.17) is 4.42 Å². The Kier molecular flexibility index (Phi) is 2.42. The van der Waals surface area contributed by atoms with Gasteiger partial charge < -0.3 is 9.73 Å². The van der Waals surface area contributed by atoms with Crippen LogP contribution in [0, 0.1) is 5.92 Å². The number of nitrogens with one attached hydrogen (secondary N) is 1. The number of hydrogen-bond acceptors (Lipinski definition) is 3. The topological polar surface area (TPSA) is 43.0 Å². The third-order valence-electron chi connectivity index (χ3n) is 3.31. The van der Waals surface area contributed by atoms with Crippen LogP contribution in [0.2, 0.25) is 0 Å². The van der Waals surface area contributed by atoms with Gasteiger partial charge in [-0.05, 0) is 24.5 Å². The Morgan fingerprint density at radius 1 is 1.47 bits per heavy atom. The van der Waals surface area contributed by atoms with Crippen LogP contribution in [0.15, 0.2) is 28.8 Å². The van der Waals surface area contributed by atoms with E-state index in [0.717, 1.165) is 23.3 Å². The monoisotopic (exact) mass is 231 g/mol. The molecule has 0 saturated heterocycles. The molecule has 0 aliphatic heterocycles. The van der Waals surface area contributed by atoms with Crippen molar-refractivity contribution >= 4 is 5.82 Å². The summed E-state index contributed by atoms with van der Waals surface area (Å²) in [6.07, 6.45) is 3.18. The molecule has 4 nitrogen and oxygen atoms in total. The second-order valence-corrected chi connectivity index (χ2v) is 4.85. The lowest BCUT2D eigenvalue weighted by molar-refractivity contribution is 0.467. The third-order valence-corrected chi connectivity index (χ3v) is 3.31. The number of furan rings is 1. The molecule has 1 aliphatic carbocycles. The summed E-state index contributed by atoms with van der Waals surface area (Å²) in [5, 5.41) is 7.50. The zero-order valence-corrected chi connectivity index (χ0v) is 10.2. The summed E-state index contributed by atoms with van der Waals surface area (Å²) in [5.41, 5.74) is 0. The van der Waals surface area contributed by atoms with E-state index in [-0.39, 0.29) is 0 Å². The highest BCUT2D eigenvalue weighted by Gasteiger charge is 2.36. The molecule has 0 bridgehead atoms. The first kappa shape index (κ1) is 10.4. The van der Waals surface area contributed by atoms with Gasteiger partial charge in [0.2, 0.25) is 0 Å². The predicted molar refractivity (Wildman–Crippen MR) is 65.8 cm³/mol. The molecule has 17 heavy (non-hydrogen) atoms. The number of aromatic nitrogens is 2. The van der Waals surface area contributed by atoms with Crippen LogP contribution >= 0.6 is 0 Å². The highest BCUT2D eigenvalue weighted by Crippen LogP contribution is 2.47. The molecule has 1 fully saturated rings. The van der Waals surface area contributed by atoms with Crippen molar-refractivity contribution in [3.63, 3.8) is 0 Å². The maximum absolute atomic E-state index is 5.81. The zero-order chi connectivity index (χ0) is 11.8. The summed E-state index contributed by atoms with van der Waals surface area (Å²) < 4.78 is 7.59. The van der Waals surface area contributed by atoms with Crippen LogP contribution in [0.5, 0.6) is 0 Å². The van der Waals surface area contributed by atoms with Gasteiger partial charge in [0.1, 0.15) is 17.3 Å². The van der Waals surface area contributed by atoms with Crippen LogP contribution in [0.1, 0.15) is 30.8 Å². The second-order valence-electron chi connectivity index (χ2n) is 4.85. The number of aryl methyl sites for hydroxylation is 1.